The maximum atomic E-state index is 14.1. The van der Waals surface area contributed by atoms with E-state index < -0.39 is 11.8 Å². The number of carbonyl (C=O) groups is 2. The summed E-state index contributed by atoms with van der Waals surface area (Å²) in [5, 5.41) is 5.39. The maximum Gasteiger partial charge on any atom is 0.319 e. The fraction of sp³-hybridized carbons (Fsp3) is 0.368. The minimum absolute atomic E-state index is 0.0175. The number of amides is 3. The number of rotatable bonds is 4. The summed E-state index contributed by atoms with van der Waals surface area (Å²) in [4.78, 5) is 28.1. The molecule has 138 valence electrons. The lowest BCUT2D eigenvalue weighted by Crippen LogP contribution is -2.31. The van der Waals surface area contributed by atoms with Gasteiger partial charge in [0.25, 0.3) is 0 Å². The zero-order valence-corrected chi connectivity index (χ0v) is 15.9. The zero-order chi connectivity index (χ0) is 18.8. The van der Waals surface area contributed by atoms with Gasteiger partial charge in [-0.1, -0.05) is 0 Å². The number of thiophene rings is 1. The molecule has 0 unspecified atom stereocenters. The van der Waals surface area contributed by atoms with Crippen LogP contribution in [0.15, 0.2) is 24.3 Å². The molecule has 5 nitrogen and oxygen atoms in total. The Bertz CT molecular complexity index is 849. The third-order valence-corrected chi connectivity index (χ3v) is 5.46. The summed E-state index contributed by atoms with van der Waals surface area (Å²) in [6.07, 6.45) is 1.29. The van der Waals surface area contributed by atoms with Gasteiger partial charge in [-0.2, -0.15) is 0 Å². The van der Waals surface area contributed by atoms with Crippen LogP contribution in [0.5, 0.6) is 0 Å². The standard InChI is InChI=1S/C19H22FN3O2S/c1-11-9-15(13(3)26-11)12(2)21-19(25)22-17-10-14(6-7-16(17)20)23-8-4-5-18(23)24/h6-7,9-10,12H,4-5,8H2,1-3H3,(H2,21,22,25)/t12-/m1/s1. The van der Waals surface area contributed by atoms with Crippen LogP contribution < -0.4 is 15.5 Å². The van der Waals surface area contributed by atoms with E-state index in [9.17, 15) is 14.0 Å². The predicted octanol–water partition coefficient (Wildman–Crippen LogP) is 4.51. The molecule has 2 heterocycles. The van der Waals surface area contributed by atoms with Gasteiger partial charge < -0.3 is 15.5 Å². The van der Waals surface area contributed by atoms with Crippen molar-refractivity contribution in [1.82, 2.24) is 5.32 Å². The van der Waals surface area contributed by atoms with Crippen LogP contribution >= 0.6 is 11.3 Å². The Hall–Kier alpha value is -2.41. The molecule has 2 aromatic rings. The van der Waals surface area contributed by atoms with Crippen molar-refractivity contribution in [3.05, 3.63) is 45.4 Å². The van der Waals surface area contributed by atoms with Crippen molar-refractivity contribution in [3.63, 3.8) is 0 Å². The Morgan fingerprint density at radius 3 is 2.69 bits per heavy atom. The molecule has 1 aromatic carbocycles. The molecule has 0 aliphatic carbocycles. The van der Waals surface area contributed by atoms with E-state index in [-0.39, 0.29) is 17.6 Å². The average Bonchev–Trinajstić information content (AvgIpc) is 3.14. The van der Waals surface area contributed by atoms with E-state index in [1.54, 1.807) is 22.3 Å². The molecule has 3 amide bonds. The SMILES string of the molecule is Cc1cc([C@@H](C)NC(=O)Nc2cc(N3CCCC3=O)ccc2F)c(C)s1. The third-order valence-electron chi connectivity index (χ3n) is 4.48. The Kier molecular flexibility index (Phi) is 5.27. The summed E-state index contributed by atoms with van der Waals surface area (Å²) in [5.41, 5.74) is 1.71. The van der Waals surface area contributed by atoms with Gasteiger partial charge in [0.2, 0.25) is 5.91 Å². The van der Waals surface area contributed by atoms with E-state index in [1.165, 1.54) is 17.0 Å². The molecule has 0 saturated carbocycles. The number of aryl methyl sites for hydroxylation is 2. The molecule has 0 spiro atoms. The molecule has 26 heavy (non-hydrogen) atoms. The number of urea groups is 1. The van der Waals surface area contributed by atoms with Crippen LogP contribution in [0.25, 0.3) is 0 Å². The van der Waals surface area contributed by atoms with Gasteiger partial charge in [0, 0.05) is 28.4 Å². The van der Waals surface area contributed by atoms with E-state index in [2.05, 4.69) is 10.6 Å². The fourth-order valence-electron chi connectivity index (χ4n) is 3.21. The van der Waals surface area contributed by atoms with E-state index in [0.717, 1.165) is 16.9 Å². The highest BCUT2D eigenvalue weighted by Gasteiger charge is 2.23. The molecule has 3 rings (SSSR count). The largest absolute Gasteiger partial charge is 0.331 e. The number of halogens is 1. The number of hydrogen-bond donors (Lipinski definition) is 2. The summed E-state index contributed by atoms with van der Waals surface area (Å²) in [6, 6.07) is 5.71. The molecule has 2 N–H and O–H groups in total. The summed E-state index contributed by atoms with van der Waals surface area (Å²) >= 11 is 1.68. The molecule has 1 aliphatic rings. The topological polar surface area (TPSA) is 61.4 Å². The van der Waals surface area contributed by atoms with Crippen LogP contribution in [0.1, 0.15) is 41.1 Å². The molecular weight excluding hydrogens is 353 g/mol. The van der Waals surface area contributed by atoms with Gasteiger partial charge in [-0.3, -0.25) is 4.79 Å². The predicted molar refractivity (Wildman–Crippen MR) is 102 cm³/mol. The number of carbonyl (C=O) groups excluding carboxylic acids is 2. The second-order valence-corrected chi connectivity index (χ2v) is 7.96. The van der Waals surface area contributed by atoms with Crippen molar-refractivity contribution >= 4 is 34.6 Å². The van der Waals surface area contributed by atoms with Crippen LogP contribution in [-0.2, 0) is 4.79 Å². The summed E-state index contributed by atoms with van der Waals surface area (Å²) in [5.74, 6) is -0.519. The molecular formula is C19H22FN3O2S. The van der Waals surface area contributed by atoms with Crippen LogP contribution in [0.4, 0.5) is 20.6 Å². The first-order chi connectivity index (χ1) is 12.3. The lowest BCUT2D eigenvalue weighted by atomic mass is 10.1. The number of nitrogens with zero attached hydrogens (tertiary/aromatic N) is 1. The Morgan fingerprint density at radius 1 is 1.31 bits per heavy atom. The van der Waals surface area contributed by atoms with Gasteiger partial charge >= 0.3 is 6.03 Å². The van der Waals surface area contributed by atoms with Gasteiger partial charge in [-0.25, -0.2) is 9.18 Å². The van der Waals surface area contributed by atoms with E-state index in [4.69, 9.17) is 0 Å². The molecule has 0 radical (unpaired) electrons. The van der Waals surface area contributed by atoms with Crippen molar-refractivity contribution in [2.75, 3.05) is 16.8 Å². The van der Waals surface area contributed by atoms with Gasteiger partial charge in [-0.15, -0.1) is 11.3 Å². The lowest BCUT2D eigenvalue weighted by Gasteiger charge is -2.18. The van der Waals surface area contributed by atoms with Crippen molar-refractivity contribution < 1.29 is 14.0 Å². The first kappa shape index (κ1) is 18.4. The molecule has 1 saturated heterocycles. The van der Waals surface area contributed by atoms with Crippen molar-refractivity contribution in [2.45, 2.75) is 39.7 Å². The molecule has 1 aromatic heterocycles. The molecule has 1 fully saturated rings. The van der Waals surface area contributed by atoms with Crippen LogP contribution in [0, 0.1) is 19.7 Å². The fourth-order valence-corrected chi connectivity index (χ4v) is 4.23. The van der Waals surface area contributed by atoms with Crippen LogP contribution in [-0.4, -0.2) is 18.5 Å². The highest BCUT2D eigenvalue weighted by atomic mass is 32.1. The summed E-state index contributed by atoms with van der Waals surface area (Å²) in [6.45, 7) is 6.54. The van der Waals surface area contributed by atoms with Crippen molar-refractivity contribution in [1.29, 1.82) is 0 Å². The Morgan fingerprint density at radius 2 is 2.08 bits per heavy atom. The van der Waals surface area contributed by atoms with Gasteiger partial charge in [-0.05, 0) is 57.0 Å². The van der Waals surface area contributed by atoms with Gasteiger partial charge in [0.1, 0.15) is 5.82 Å². The molecule has 1 aliphatic heterocycles. The number of benzene rings is 1. The van der Waals surface area contributed by atoms with Crippen molar-refractivity contribution in [2.24, 2.45) is 0 Å². The third kappa shape index (κ3) is 3.88. The summed E-state index contributed by atoms with van der Waals surface area (Å²) in [7, 11) is 0. The number of hydrogen-bond acceptors (Lipinski definition) is 3. The maximum absolute atomic E-state index is 14.1. The smallest absolute Gasteiger partial charge is 0.319 e. The Labute approximate surface area is 156 Å². The minimum atomic E-state index is -0.536. The quantitative estimate of drug-likeness (QED) is 0.826. The number of anilines is 2. The highest BCUT2D eigenvalue weighted by molar-refractivity contribution is 7.12. The first-order valence-corrected chi connectivity index (χ1v) is 9.41. The van der Waals surface area contributed by atoms with Crippen LogP contribution in [0.3, 0.4) is 0 Å². The van der Waals surface area contributed by atoms with E-state index >= 15 is 0 Å². The van der Waals surface area contributed by atoms with E-state index in [1.807, 2.05) is 26.8 Å². The van der Waals surface area contributed by atoms with Crippen LogP contribution in [0.2, 0.25) is 0 Å². The van der Waals surface area contributed by atoms with E-state index in [0.29, 0.717) is 18.7 Å². The molecule has 0 bridgehead atoms. The Balaban J connectivity index is 1.70. The van der Waals surface area contributed by atoms with Crippen molar-refractivity contribution in [3.8, 4) is 0 Å². The average molecular weight is 375 g/mol. The van der Waals surface area contributed by atoms with Gasteiger partial charge in [0.15, 0.2) is 0 Å². The summed E-state index contributed by atoms with van der Waals surface area (Å²) < 4.78 is 14.1. The number of nitrogens with one attached hydrogen (secondary N) is 2. The normalized spacial score (nSPS) is 15.2. The minimum Gasteiger partial charge on any atom is -0.331 e. The highest BCUT2D eigenvalue weighted by Crippen LogP contribution is 2.28. The molecule has 1 atom stereocenters. The van der Waals surface area contributed by atoms with Gasteiger partial charge in [0.05, 0.1) is 11.7 Å². The second-order valence-electron chi connectivity index (χ2n) is 6.50. The second kappa shape index (κ2) is 7.45. The monoisotopic (exact) mass is 375 g/mol. The first-order valence-electron chi connectivity index (χ1n) is 8.59. The lowest BCUT2D eigenvalue weighted by molar-refractivity contribution is -0.117. The molecule has 7 heteroatoms. The zero-order valence-electron chi connectivity index (χ0n) is 15.1.